The van der Waals surface area contributed by atoms with Gasteiger partial charge in [0, 0.05) is 18.9 Å². The van der Waals surface area contributed by atoms with E-state index in [0.29, 0.717) is 16.6 Å². The average molecular weight is 503 g/mol. The minimum Gasteiger partial charge on any atom is -0.496 e. The van der Waals surface area contributed by atoms with E-state index in [1.54, 1.807) is 7.11 Å². The number of methoxy groups -OCH3 is 1. The molecule has 0 unspecified atom stereocenters. The van der Waals surface area contributed by atoms with Crippen molar-refractivity contribution in [2.45, 2.75) is 83.2 Å². The molecule has 0 amide bonds. The molecule has 2 rings (SSSR count). The quantitative estimate of drug-likeness (QED) is 0.282. The van der Waals surface area contributed by atoms with E-state index in [-0.39, 0.29) is 25.6 Å². The van der Waals surface area contributed by atoms with Crippen LogP contribution in [0.15, 0.2) is 48.5 Å². The maximum atomic E-state index is 10.4. The van der Waals surface area contributed by atoms with Gasteiger partial charge in [0.1, 0.15) is 5.75 Å². The fraction of sp³-hybridized carbons (Fsp3) is 0.586. The monoisotopic (exact) mass is 502 g/mol. The molecule has 196 valence electrons. The highest BCUT2D eigenvalue weighted by atomic mass is 28.4. The first-order chi connectivity index (χ1) is 16.6. The van der Waals surface area contributed by atoms with E-state index in [0.717, 1.165) is 23.3 Å². The number of aliphatic hydroxyl groups is 3. The minimum atomic E-state index is -2.31. The van der Waals surface area contributed by atoms with E-state index < -0.39 is 20.5 Å². The van der Waals surface area contributed by atoms with E-state index in [1.165, 1.54) is 5.56 Å². The molecule has 2 aromatic carbocycles. The van der Waals surface area contributed by atoms with Crippen LogP contribution < -0.4 is 4.74 Å². The van der Waals surface area contributed by atoms with Crippen molar-refractivity contribution in [3.63, 3.8) is 0 Å². The Morgan fingerprint density at radius 1 is 0.829 bits per heavy atom. The molecule has 0 saturated heterocycles. The normalized spacial score (nSPS) is 15.0. The third-order valence-electron chi connectivity index (χ3n) is 7.36. The molecule has 3 atom stereocenters. The van der Waals surface area contributed by atoms with Gasteiger partial charge in [-0.15, -0.1) is 0 Å². The summed E-state index contributed by atoms with van der Waals surface area (Å²) in [6, 6.07) is 16.5. The Balaban J connectivity index is 2.56. The van der Waals surface area contributed by atoms with E-state index in [1.807, 2.05) is 24.3 Å². The van der Waals surface area contributed by atoms with Crippen molar-refractivity contribution in [1.29, 1.82) is 0 Å². The first-order valence-electron chi connectivity index (χ1n) is 12.9. The van der Waals surface area contributed by atoms with Crippen LogP contribution in [0.4, 0.5) is 0 Å². The van der Waals surface area contributed by atoms with Gasteiger partial charge in [-0.2, -0.15) is 0 Å². The highest BCUT2D eigenvalue weighted by Gasteiger charge is 2.48. The van der Waals surface area contributed by atoms with Crippen molar-refractivity contribution < 1.29 is 24.5 Å². The number of ether oxygens (including phenoxy) is 1. The van der Waals surface area contributed by atoms with Crippen LogP contribution in [0.1, 0.15) is 70.8 Å². The number of benzene rings is 2. The number of aliphatic hydroxyl groups excluding tert-OH is 3. The predicted molar refractivity (Wildman–Crippen MR) is 145 cm³/mol. The summed E-state index contributed by atoms with van der Waals surface area (Å²) in [5, 5.41) is 30.2. The third-order valence-corrected chi connectivity index (χ3v) is 13.4. The Kier molecular flexibility index (Phi) is 11.4. The molecule has 0 heterocycles. The highest BCUT2D eigenvalue weighted by Crippen LogP contribution is 2.47. The summed E-state index contributed by atoms with van der Waals surface area (Å²) in [4.78, 5) is 0. The molecular weight excluding hydrogens is 456 g/mol. The van der Waals surface area contributed by atoms with Gasteiger partial charge in [-0.1, -0.05) is 84.0 Å². The summed E-state index contributed by atoms with van der Waals surface area (Å²) in [7, 11) is -0.633. The topological polar surface area (TPSA) is 79.2 Å². The van der Waals surface area contributed by atoms with E-state index in [4.69, 9.17) is 9.16 Å². The van der Waals surface area contributed by atoms with Crippen LogP contribution in [-0.4, -0.2) is 50.1 Å². The summed E-state index contributed by atoms with van der Waals surface area (Å²) in [6.07, 6.45) is -0.319. The van der Waals surface area contributed by atoms with E-state index in [2.05, 4.69) is 65.8 Å². The third kappa shape index (κ3) is 7.17. The Hall–Kier alpha value is -1.70. The van der Waals surface area contributed by atoms with Crippen molar-refractivity contribution in [3.8, 4) is 5.75 Å². The van der Waals surface area contributed by atoms with Crippen molar-refractivity contribution in [3.05, 3.63) is 65.2 Å². The van der Waals surface area contributed by atoms with Gasteiger partial charge in [0.2, 0.25) is 8.32 Å². The fourth-order valence-corrected chi connectivity index (χ4v) is 11.3. The fourth-order valence-electron chi connectivity index (χ4n) is 5.68. The molecule has 2 aromatic rings. The second-order valence-electron chi connectivity index (χ2n) is 10.6. The van der Waals surface area contributed by atoms with Gasteiger partial charge < -0.3 is 24.5 Å². The average Bonchev–Trinajstić information content (AvgIpc) is 2.83. The van der Waals surface area contributed by atoms with Crippen LogP contribution in [0.3, 0.4) is 0 Å². The summed E-state index contributed by atoms with van der Waals surface area (Å²) in [6.45, 7) is 12.9. The highest BCUT2D eigenvalue weighted by molar-refractivity contribution is 6.77. The molecular formula is C29H46O5Si. The second kappa shape index (κ2) is 13.6. The number of hydrogen-bond acceptors (Lipinski definition) is 5. The van der Waals surface area contributed by atoms with Gasteiger partial charge in [0.05, 0.1) is 25.9 Å². The van der Waals surface area contributed by atoms with Gasteiger partial charge >= 0.3 is 0 Å². The predicted octanol–water partition coefficient (Wildman–Crippen LogP) is 5.87. The molecule has 0 saturated carbocycles. The molecule has 0 spiro atoms. The van der Waals surface area contributed by atoms with Gasteiger partial charge in [0.15, 0.2) is 0 Å². The Morgan fingerprint density at radius 3 is 1.91 bits per heavy atom. The molecule has 0 aliphatic rings. The lowest BCUT2D eigenvalue weighted by Gasteiger charge is -2.46. The maximum Gasteiger partial charge on any atom is 0.201 e. The van der Waals surface area contributed by atoms with Gasteiger partial charge in [0.25, 0.3) is 0 Å². The largest absolute Gasteiger partial charge is 0.496 e. The SMILES string of the molecule is COc1cc([C@H](O[Si](C(C)C)(C(C)C)C(C)C)[C@@H](CO)C[C@H](O)CO)ccc1Cc1ccccc1. The smallest absolute Gasteiger partial charge is 0.201 e. The van der Waals surface area contributed by atoms with Crippen molar-refractivity contribution >= 4 is 8.32 Å². The summed E-state index contributed by atoms with van der Waals surface area (Å²) in [5.74, 6) is 0.426. The van der Waals surface area contributed by atoms with Crippen molar-refractivity contribution in [2.75, 3.05) is 20.3 Å². The van der Waals surface area contributed by atoms with Crippen molar-refractivity contribution in [1.82, 2.24) is 0 Å². The number of hydrogen-bond donors (Lipinski definition) is 3. The molecule has 0 aliphatic heterocycles. The van der Waals surface area contributed by atoms with Crippen LogP contribution in [0.5, 0.6) is 5.75 Å². The van der Waals surface area contributed by atoms with Gasteiger partial charge in [-0.05, 0) is 45.8 Å². The minimum absolute atomic E-state index is 0.144. The molecule has 3 N–H and O–H groups in total. The summed E-state index contributed by atoms with van der Waals surface area (Å²) >= 11 is 0. The number of rotatable bonds is 14. The maximum absolute atomic E-state index is 10.4. The second-order valence-corrected chi connectivity index (χ2v) is 16.0. The molecule has 0 aromatic heterocycles. The first-order valence-corrected chi connectivity index (χ1v) is 15.0. The zero-order chi connectivity index (χ0) is 26.2. The van der Waals surface area contributed by atoms with Crippen LogP contribution in [0.2, 0.25) is 16.6 Å². The van der Waals surface area contributed by atoms with Gasteiger partial charge in [-0.3, -0.25) is 0 Å². The summed E-state index contributed by atoms with van der Waals surface area (Å²) < 4.78 is 13.0. The van der Waals surface area contributed by atoms with Crippen LogP contribution >= 0.6 is 0 Å². The van der Waals surface area contributed by atoms with Gasteiger partial charge in [-0.25, -0.2) is 0 Å². The zero-order valence-corrected chi connectivity index (χ0v) is 23.6. The molecule has 0 aliphatic carbocycles. The Morgan fingerprint density at radius 2 is 1.43 bits per heavy atom. The standard InChI is InChI=1S/C29H46O5Si/c1-20(2)35(21(3)4,22(5)6)34-29(26(18-30)16-27(32)19-31)25-14-13-24(28(17-25)33-7)15-23-11-9-8-10-12-23/h8-14,17,20-22,26-27,29-32H,15-16,18-19H2,1-7H3/t26-,27+,29+/m1/s1. The molecule has 0 bridgehead atoms. The Labute approximate surface area is 213 Å². The zero-order valence-electron chi connectivity index (χ0n) is 22.6. The first kappa shape index (κ1) is 29.5. The molecule has 0 radical (unpaired) electrons. The van der Waals surface area contributed by atoms with Crippen LogP contribution in [0, 0.1) is 5.92 Å². The van der Waals surface area contributed by atoms with Crippen molar-refractivity contribution in [2.24, 2.45) is 5.92 Å². The molecule has 0 fully saturated rings. The molecule has 35 heavy (non-hydrogen) atoms. The van der Waals surface area contributed by atoms with Crippen LogP contribution in [0.25, 0.3) is 0 Å². The van der Waals surface area contributed by atoms with E-state index in [9.17, 15) is 15.3 Å². The summed E-state index contributed by atoms with van der Waals surface area (Å²) in [5.41, 5.74) is 4.32. The lowest BCUT2D eigenvalue weighted by molar-refractivity contribution is 0.0147. The molecule has 5 nitrogen and oxygen atoms in total. The van der Waals surface area contributed by atoms with E-state index >= 15 is 0 Å². The lowest BCUT2D eigenvalue weighted by atomic mass is 9.90. The Bertz CT molecular complexity index is 862. The lowest BCUT2D eigenvalue weighted by Crippen LogP contribution is -2.49. The molecule has 6 heteroatoms. The van der Waals surface area contributed by atoms with Crippen LogP contribution in [-0.2, 0) is 10.8 Å².